The van der Waals surface area contributed by atoms with E-state index in [-0.39, 0.29) is 28.3 Å². The summed E-state index contributed by atoms with van der Waals surface area (Å²) in [6.45, 7) is 2.72. The Labute approximate surface area is 117 Å². The highest BCUT2D eigenvalue weighted by Crippen LogP contribution is 2.43. The van der Waals surface area contributed by atoms with Gasteiger partial charge in [-0.3, -0.25) is 14.9 Å². The van der Waals surface area contributed by atoms with Gasteiger partial charge < -0.3 is 11.1 Å². The van der Waals surface area contributed by atoms with Gasteiger partial charge in [-0.05, 0) is 30.7 Å². The molecule has 6 nitrogen and oxygen atoms in total. The van der Waals surface area contributed by atoms with E-state index in [1.165, 1.54) is 24.6 Å². The van der Waals surface area contributed by atoms with E-state index in [9.17, 15) is 14.9 Å². The van der Waals surface area contributed by atoms with Crippen LogP contribution >= 0.6 is 0 Å². The molecule has 0 spiro atoms. The van der Waals surface area contributed by atoms with Crippen molar-refractivity contribution in [3.63, 3.8) is 0 Å². The van der Waals surface area contributed by atoms with Crippen LogP contribution in [0.4, 0.5) is 11.4 Å². The molecule has 0 saturated heterocycles. The second kappa shape index (κ2) is 5.48. The van der Waals surface area contributed by atoms with Gasteiger partial charge in [0.25, 0.3) is 11.6 Å². The summed E-state index contributed by atoms with van der Waals surface area (Å²) in [7, 11) is 0. The van der Waals surface area contributed by atoms with Crippen molar-refractivity contribution in [3.05, 3.63) is 33.9 Å². The predicted molar refractivity (Wildman–Crippen MR) is 76.4 cm³/mol. The lowest BCUT2D eigenvalue weighted by molar-refractivity contribution is -0.384. The Morgan fingerprint density at radius 3 is 2.70 bits per heavy atom. The Hall–Kier alpha value is -2.11. The zero-order chi connectivity index (χ0) is 14.8. The lowest BCUT2D eigenvalue weighted by Gasteiger charge is -2.41. The Morgan fingerprint density at radius 1 is 1.50 bits per heavy atom. The third-order valence-corrected chi connectivity index (χ3v) is 4.28. The van der Waals surface area contributed by atoms with E-state index in [1.807, 2.05) is 0 Å². The van der Waals surface area contributed by atoms with Crippen LogP contribution in [0.15, 0.2) is 18.2 Å². The van der Waals surface area contributed by atoms with Crippen LogP contribution in [0.5, 0.6) is 0 Å². The number of amides is 1. The zero-order valence-electron chi connectivity index (χ0n) is 11.5. The number of hydrogen-bond acceptors (Lipinski definition) is 4. The molecule has 0 aliphatic heterocycles. The average Bonchev–Trinajstić information content (AvgIpc) is 2.38. The topological polar surface area (TPSA) is 98.3 Å². The average molecular weight is 277 g/mol. The number of nitrogen functional groups attached to an aromatic ring is 1. The Balaban J connectivity index is 2.09. The quantitative estimate of drug-likeness (QED) is 0.490. The van der Waals surface area contributed by atoms with Gasteiger partial charge in [0.05, 0.1) is 10.5 Å². The van der Waals surface area contributed by atoms with Gasteiger partial charge >= 0.3 is 0 Å². The summed E-state index contributed by atoms with van der Waals surface area (Å²) in [5, 5.41) is 13.6. The molecule has 1 saturated carbocycles. The molecule has 1 aromatic rings. The van der Waals surface area contributed by atoms with Gasteiger partial charge in [-0.15, -0.1) is 0 Å². The van der Waals surface area contributed by atoms with E-state index in [4.69, 9.17) is 5.73 Å². The number of carbonyl (C=O) groups is 1. The summed E-state index contributed by atoms with van der Waals surface area (Å²) in [5.74, 6) is -0.342. The summed E-state index contributed by atoms with van der Waals surface area (Å²) in [4.78, 5) is 22.3. The van der Waals surface area contributed by atoms with Gasteiger partial charge in [0.2, 0.25) is 0 Å². The molecule has 108 valence electrons. The third kappa shape index (κ3) is 2.74. The molecular formula is C14H19N3O3. The summed E-state index contributed by atoms with van der Waals surface area (Å²) < 4.78 is 0. The summed E-state index contributed by atoms with van der Waals surface area (Å²) in [6, 6.07) is 3.92. The Morgan fingerprint density at radius 2 is 2.20 bits per heavy atom. The van der Waals surface area contributed by atoms with Crippen molar-refractivity contribution in [2.75, 3.05) is 12.3 Å². The first-order valence-corrected chi connectivity index (χ1v) is 6.79. The smallest absolute Gasteiger partial charge is 0.270 e. The van der Waals surface area contributed by atoms with Crippen molar-refractivity contribution in [2.45, 2.75) is 32.6 Å². The van der Waals surface area contributed by atoms with Crippen molar-refractivity contribution in [1.29, 1.82) is 0 Å². The molecule has 1 amide bonds. The molecule has 1 aromatic carbocycles. The maximum Gasteiger partial charge on any atom is 0.270 e. The standard InChI is InChI=1S/C14H19N3O3/c1-2-14(6-3-7-14)9-16-13(18)11-8-10(17(19)20)4-5-12(11)15/h4-5,8H,2-3,6-7,9,15H2,1H3,(H,16,18). The Bertz CT molecular complexity index is 533. The largest absolute Gasteiger partial charge is 0.398 e. The van der Waals surface area contributed by atoms with Crippen LogP contribution < -0.4 is 11.1 Å². The number of carbonyl (C=O) groups excluding carboxylic acids is 1. The third-order valence-electron chi connectivity index (χ3n) is 4.28. The molecule has 20 heavy (non-hydrogen) atoms. The number of nitrogens with zero attached hydrogens (tertiary/aromatic N) is 1. The molecule has 0 radical (unpaired) electrons. The number of nitrogens with two attached hydrogens (primary N) is 1. The first-order chi connectivity index (χ1) is 9.47. The Kier molecular flexibility index (Phi) is 3.92. The molecule has 0 bridgehead atoms. The zero-order valence-corrected chi connectivity index (χ0v) is 11.5. The van der Waals surface area contributed by atoms with Crippen LogP contribution in [-0.2, 0) is 0 Å². The van der Waals surface area contributed by atoms with Crippen molar-refractivity contribution in [2.24, 2.45) is 5.41 Å². The van der Waals surface area contributed by atoms with Crippen molar-refractivity contribution >= 4 is 17.3 Å². The van der Waals surface area contributed by atoms with Crippen LogP contribution in [0.3, 0.4) is 0 Å². The maximum absolute atomic E-state index is 12.1. The highest BCUT2D eigenvalue weighted by atomic mass is 16.6. The minimum atomic E-state index is -0.532. The fraction of sp³-hybridized carbons (Fsp3) is 0.500. The lowest BCUT2D eigenvalue weighted by Crippen LogP contribution is -2.41. The van der Waals surface area contributed by atoms with Gasteiger partial charge in [-0.1, -0.05) is 13.3 Å². The second-order valence-corrected chi connectivity index (χ2v) is 5.42. The SMILES string of the molecule is CCC1(CNC(=O)c2cc([N+](=O)[O-])ccc2N)CCC1. The molecule has 3 N–H and O–H groups in total. The van der Waals surface area contributed by atoms with Gasteiger partial charge in [0.15, 0.2) is 0 Å². The molecule has 1 fully saturated rings. The molecule has 0 aromatic heterocycles. The van der Waals surface area contributed by atoms with E-state index in [1.54, 1.807) is 0 Å². The molecule has 0 heterocycles. The normalized spacial score (nSPS) is 16.2. The maximum atomic E-state index is 12.1. The molecule has 6 heteroatoms. The van der Waals surface area contributed by atoms with Crippen LogP contribution in [0.25, 0.3) is 0 Å². The number of non-ortho nitro benzene ring substituents is 1. The van der Waals surface area contributed by atoms with Crippen molar-refractivity contribution < 1.29 is 9.72 Å². The molecule has 0 unspecified atom stereocenters. The number of nitro groups is 1. The van der Waals surface area contributed by atoms with Crippen LogP contribution in [0, 0.1) is 15.5 Å². The summed E-state index contributed by atoms with van der Waals surface area (Å²) >= 11 is 0. The first kappa shape index (κ1) is 14.3. The molecule has 0 atom stereocenters. The van der Waals surface area contributed by atoms with Gasteiger partial charge in [0.1, 0.15) is 0 Å². The molecule has 1 aliphatic rings. The summed E-state index contributed by atoms with van der Waals surface area (Å²) in [6.07, 6.45) is 4.46. The minimum Gasteiger partial charge on any atom is -0.398 e. The number of rotatable bonds is 5. The molecule has 1 aliphatic carbocycles. The number of anilines is 1. The second-order valence-electron chi connectivity index (χ2n) is 5.42. The van der Waals surface area contributed by atoms with E-state index >= 15 is 0 Å². The first-order valence-electron chi connectivity index (χ1n) is 6.79. The molecular weight excluding hydrogens is 258 g/mol. The van der Waals surface area contributed by atoms with Crippen molar-refractivity contribution in [3.8, 4) is 0 Å². The van der Waals surface area contributed by atoms with Crippen LogP contribution in [0.1, 0.15) is 43.0 Å². The number of nitrogens with one attached hydrogen (secondary N) is 1. The van der Waals surface area contributed by atoms with Crippen LogP contribution in [0.2, 0.25) is 0 Å². The summed E-state index contributed by atoms with van der Waals surface area (Å²) in [5.41, 5.74) is 6.23. The lowest BCUT2D eigenvalue weighted by atomic mass is 9.67. The molecule has 2 rings (SSSR count). The van der Waals surface area contributed by atoms with E-state index in [0.717, 1.165) is 19.3 Å². The van der Waals surface area contributed by atoms with Gasteiger partial charge in [-0.25, -0.2) is 0 Å². The fourth-order valence-corrected chi connectivity index (χ4v) is 2.55. The number of nitro benzene ring substituents is 1. The number of hydrogen-bond donors (Lipinski definition) is 2. The van der Waals surface area contributed by atoms with E-state index < -0.39 is 4.92 Å². The number of benzene rings is 1. The minimum absolute atomic E-state index is 0.127. The van der Waals surface area contributed by atoms with E-state index in [2.05, 4.69) is 12.2 Å². The van der Waals surface area contributed by atoms with Gasteiger partial charge in [-0.2, -0.15) is 0 Å². The van der Waals surface area contributed by atoms with E-state index in [0.29, 0.717) is 6.54 Å². The fourth-order valence-electron chi connectivity index (χ4n) is 2.55. The van der Waals surface area contributed by atoms with Crippen LogP contribution in [-0.4, -0.2) is 17.4 Å². The monoisotopic (exact) mass is 277 g/mol. The van der Waals surface area contributed by atoms with Gasteiger partial charge in [0, 0.05) is 24.4 Å². The predicted octanol–water partition coefficient (Wildman–Crippen LogP) is 2.49. The highest BCUT2D eigenvalue weighted by Gasteiger charge is 2.35. The highest BCUT2D eigenvalue weighted by molar-refractivity contribution is 5.99. The van der Waals surface area contributed by atoms with Crippen molar-refractivity contribution in [1.82, 2.24) is 5.32 Å².